The van der Waals surface area contributed by atoms with E-state index >= 15 is 0 Å². The van der Waals surface area contributed by atoms with Crippen LogP contribution in [0.15, 0.2) is 30.3 Å². The zero-order chi connectivity index (χ0) is 15.4. The van der Waals surface area contributed by atoms with Crippen LogP contribution in [0, 0.1) is 11.7 Å². The van der Waals surface area contributed by atoms with Gasteiger partial charge in [-0.2, -0.15) is 4.98 Å². The average molecular weight is 310 g/mol. The summed E-state index contributed by atoms with van der Waals surface area (Å²) in [5.41, 5.74) is 6.50. The molecule has 0 aliphatic heterocycles. The molecule has 3 N–H and O–H groups in total. The second-order valence-corrected chi connectivity index (χ2v) is 5.48. The highest BCUT2D eigenvalue weighted by Gasteiger charge is 2.08. The molecule has 1 heterocycles. The van der Waals surface area contributed by atoms with E-state index in [1.807, 2.05) is 13.8 Å². The maximum Gasteiger partial charge on any atom is 0.239 e. The van der Waals surface area contributed by atoms with Crippen LogP contribution in [-0.2, 0) is 0 Å². The fourth-order valence-electron chi connectivity index (χ4n) is 1.61. The molecule has 0 saturated heterocycles. The van der Waals surface area contributed by atoms with Crippen molar-refractivity contribution in [2.24, 2.45) is 5.92 Å². The molecule has 112 valence electrons. The third-order valence-electron chi connectivity index (χ3n) is 2.63. The molecule has 1 aromatic heterocycles. The average Bonchev–Trinajstić information content (AvgIpc) is 2.43. The van der Waals surface area contributed by atoms with Crippen molar-refractivity contribution in [3.8, 4) is 5.88 Å². The predicted octanol–water partition coefficient (Wildman–Crippen LogP) is 4.23. The minimum Gasteiger partial charge on any atom is -0.476 e. The van der Waals surface area contributed by atoms with Crippen LogP contribution in [0.3, 0.4) is 0 Å². The Morgan fingerprint density at radius 1 is 1.33 bits per heavy atom. The lowest BCUT2D eigenvalue weighted by Crippen LogP contribution is -2.08. The molecule has 2 rings (SSSR count). The van der Waals surface area contributed by atoms with Crippen LogP contribution in [0.5, 0.6) is 5.88 Å². The molecular formula is C15H17ClFN3O. The first-order chi connectivity index (χ1) is 9.95. The number of aromatic nitrogens is 1. The summed E-state index contributed by atoms with van der Waals surface area (Å²) in [5, 5.41) is 3.30. The normalized spacial score (nSPS) is 10.7. The Bertz CT molecular complexity index is 634. The van der Waals surface area contributed by atoms with Crippen LogP contribution >= 0.6 is 11.6 Å². The molecule has 0 atom stereocenters. The molecule has 0 bridgehead atoms. The molecular weight excluding hydrogens is 293 g/mol. The number of rotatable bonds is 5. The van der Waals surface area contributed by atoms with Crippen LogP contribution in [0.1, 0.15) is 13.8 Å². The summed E-state index contributed by atoms with van der Waals surface area (Å²) in [7, 11) is 0. The highest BCUT2D eigenvalue weighted by Crippen LogP contribution is 2.26. The van der Waals surface area contributed by atoms with Gasteiger partial charge in [0, 0.05) is 5.02 Å². The van der Waals surface area contributed by atoms with Gasteiger partial charge < -0.3 is 15.8 Å². The van der Waals surface area contributed by atoms with Crippen LogP contribution in [0.4, 0.5) is 21.6 Å². The number of nitrogens with zero attached hydrogens (tertiary/aromatic N) is 1. The number of benzene rings is 1. The molecule has 0 unspecified atom stereocenters. The third kappa shape index (κ3) is 4.23. The van der Waals surface area contributed by atoms with Crippen molar-refractivity contribution in [3.63, 3.8) is 0 Å². The van der Waals surface area contributed by atoms with Crippen LogP contribution in [0.2, 0.25) is 5.02 Å². The fraction of sp³-hybridized carbons (Fsp3) is 0.267. The molecule has 21 heavy (non-hydrogen) atoms. The van der Waals surface area contributed by atoms with Crippen molar-refractivity contribution in [1.29, 1.82) is 0 Å². The lowest BCUT2D eigenvalue weighted by atomic mass is 10.2. The Hall–Kier alpha value is -2.01. The number of hydrogen-bond donors (Lipinski definition) is 2. The number of nitrogen functional groups attached to an aromatic ring is 1. The zero-order valence-electron chi connectivity index (χ0n) is 11.9. The van der Waals surface area contributed by atoms with Crippen molar-refractivity contribution in [2.75, 3.05) is 17.7 Å². The van der Waals surface area contributed by atoms with Crippen molar-refractivity contribution >= 4 is 28.8 Å². The van der Waals surface area contributed by atoms with Gasteiger partial charge in [0.2, 0.25) is 5.88 Å². The van der Waals surface area contributed by atoms with E-state index in [9.17, 15) is 4.39 Å². The molecule has 0 fully saturated rings. The van der Waals surface area contributed by atoms with Gasteiger partial charge >= 0.3 is 0 Å². The number of anilines is 3. The van der Waals surface area contributed by atoms with Gasteiger partial charge in [-0.25, -0.2) is 4.39 Å². The molecule has 6 heteroatoms. The number of pyridine rings is 1. The van der Waals surface area contributed by atoms with Gasteiger partial charge in [-0.1, -0.05) is 25.4 Å². The van der Waals surface area contributed by atoms with E-state index < -0.39 is 5.82 Å². The monoisotopic (exact) mass is 309 g/mol. The van der Waals surface area contributed by atoms with Crippen LogP contribution in [-0.4, -0.2) is 11.6 Å². The van der Waals surface area contributed by atoms with Crippen molar-refractivity contribution in [2.45, 2.75) is 13.8 Å². The van der Waals surface area contributed by atoms with E-state index in [2.05, 4.69) is 10.3 Å². The maximum atomic E-state index is 13.7. The summed E-state index contributed by atoms with van der Waals surface area (Å²) >= 11 is 5.85. The maximum absolute atomic E-state index is 13.7. The molecule has 0 aliphatic carbocycles. The van der Waals surface area contributed by atoms with Gasteiger partial charge in [0.05, 0.1) is 18.0 Å². The van der Waals surface area contributed by atoms with Gasteiger partial charge in [-0.05, 0) is 36.2 Å². The van der Waals surface area contributed by atoms with Gasteiger partial charge in [0.25, 0.3) is 0 Å². The van der Waals surface area contributed by atoms with E-state index in [0.717, 1.165) is 0 Å². The van der Waals surface area contributed by atoms with Crippen molar-refractivity contribution in [3.05, 3.63) is 41.2 Å². The summed E-state index contributed by atoms with van der Waals surface area (Å²) in [6.07, 6.45) is 0. The number of halogens is 2. The first kappa shape index (κ1) is 15.4. The first-order valence-electron chi connectivity index (χ1n) is 6.57. The smallest absolute Gasteiger partial charge is 0.239 e. The number of nitrogens with one attached hydrogen (secondary N) is 1. The van der Waals surface area contributed by atoms with Gasteiger partial charge in [-0.15, -0.1) is 0 Å². The fourth-order valence-corrected chi connectivity index (χ4v) is 1.79. The minimum atomic E-state index is -0.414. The summed E-state index contributed by atoms with van der Waals surface area (Å²) in [4.78, 5) is 4.24. The summed E-state index contributed by atoms with van der Waals surface area (Å²) in [5.74, 6) is 0.705. The quantitative estimate of drug-likeness (QED) is 0.867. The Kier molecular flexibility index (Phi) is 4.85. The number of ether oxygens (including phenoxy) is 1. The van der Waals surface area contributed by atoms with E-state index in [4.69, 9.17) is 22.1 Å². The summed E-state index contributed by atoms with van der Waals surface area (Å²) in [6, 6.07) is 7.57. The molecule has 1 aromatic carbocycles. The first-order valence-corrected chi connectivity index (χ1v) is 6.95. The molecule has 2 aromatic rings. The van der Waals surface area contributed by atoms with E-state index in [1.54, 1.807) is 12.1 Å². The van der Waals surface area contributed by atoms with Gasteiger partial charge in [-0.3, -0.25) is 0 Å². The van der Waals surface area contributed by atoms with E-state index in [0.29, 0.717) is 34.9 Å². The molecule has 0 amide bonds. The van der Waals surface area contributed by atoms with E-state index in [1.165, 1.54) is 18.2 Å². The summed E-state index contributed by atoms with van der Waals surface area (Å²) in [6.45, 7) is 4.56. The topological polar surface area (TPSA) is 60.2 Å². The second kappa shape index (κ2) is 6.63. The van der Waals surface area contributed by atoms with Gasteiger partial charge in [0.15, 0.2) is 0 Å². The minimum absolute atomic E-state index is 0.245. The molecule has 0 spiro atoms. The Labute approximate surface area is 128 Å². The Morgan fingerprint density at radius 2 is 2.10 bits per heavy atom. The zero-order valence-corrected chi connectivity index (χ0v) is 12.6. The second-order valence-electron chi connectivity index (χ2n) is 5.04. The molecule has 0 saturated carbocycles. The van der Waals surface area contributed by atoms with Gasteiger partial charge in [0.1, 0.15) is 11.6 Å². The third-order valence-corrected chi connectivity index (χ3v) is 2.87. The van der Waals surface area contributed by atoms with Crippen LogP contribution < -0.4 is 15.8 Å². The standard InChI is InChI=1S/C15H17ClFN3O/c1-9(2)8-21-15-12(18)5-6-14(20-15)19-13-7-10(16)3-4-11(13)17/h3-7,9H,8,18H2,1-2H3,(H,19,20). The Balaban J connectivity index is 2.20. The van der Waals surface area contributed by atoms with E-state index in [-0.39, 0.29) is 5.69 Å². The number of nitrogens with two attached hydrogens (primary N) is 1. The Morgan fingerprint density at radius 3 is 2.81 bits per heavy atom. The number of hydrogen-bond acceptors (Lipinski definition) is 4. The van der Waals surface area contributed by atoms with Crippen molar-refractivity contribution < 1.29 is 9.13 Å². The predicted molar refractivity (Wildman–Crippen MR) is 83.7 cm³/mol. The molecule has 0 radical (unpaired) electrons. The lowest BCUT2D eigenvalue weighted by Gasteiger charge is -2.12. The molecule has 4 nitrogen and oxygen atoms in total. The molecule has 0 aliphatic rings. The van der Waals surface area contributed by atoms with Crippen LogP contribution in [0.25, 0.3) is 0 Å². The summed E-state index contributed by atoms with van der Waals surface area (Å²) < 4.78 is 19.2. The lowest BCUT2D eigenvalue weighted by molar-refractivity contribution is 0.263. The largest absolute Gasteiger partial charge is 0.476 e. The highest BCUT2D eigenvalue weighted by molar-refractivity contribution is 6.30. The SMILES string of the molecule is CC(C)COc1nc(Nc2cc(Cl)ccc2F)ccc1N. The van der Waals surface area contributed by atoms with Crippen molar-refractivity contribution in [1.82, 2.24) is 4.98 Å². The highest BCUT2D eigenvalue weighted by atomic mass is 35.5.